The van der Waals surface area contributed by atoms with Crippen molar-refractivity contribution in [1.82, 2.24) is 10.3 Å². The Balaban J connectivity index is 1.92. The summed E-state index contributed by atoms with van der Waals surface area (Å²) in [5, 5.41) is 5.88. The van der Waals surface area contributed by atoms with Gasteiger partial charge in [0.15, 0.2) is 0 Å². The average Bonchev–Trinajstić information content (AvgIpc) is 3.07. The number of hydrogen-bond donors (Lipinski definition) is 2. The summed E-state index contributed by atoms with van der Waals surface area (Å²) < 4.78 is 0. The summed E-state index contributed by atoms with van der Waals surface area (Å²) in [7, 11) is 0. The van der Waals surface area contributed by atoms with Crippen LogP contribution in [0.5, 0.6) is 0 Å². The van der Waals surface area contributed by atoms with Gasteiger partial charge in [0.2, 0.25) is 0 Å². The highest BCUT2D eigenvalue weighted by molar-refractivity contribution is 7.21. The van der Waals surface area contributed by atoms with Gasteiger partial charge in [-0.05, 0) is 36.9 Å². The van der Waals surface area contributed by atoms with Crippen molar-refractivity contribution in [1.29, 1.82) is 0 Å². The molecule has 0 aliphatic carbocycles. The first kappa shape index (κ1) is 14.0. The lowest BCUT2D eigenvalue weighted by Crippen LogP contribution is -2.25. The minimum absolute atomic E-state index is 0.0313. The normalized spacial score (nSPS) is 12.5. The first-order valence-corrected chi connectivity index (χ1v) is 8.25. The lowest BCUT2D eigenvalue weighted by molar-refractivity contribution is 0.0945. The van der Waals surface area contributed by atoms with E-state index in [1.807, 2.05) is 37.4 Å². The molecule has 3 heterocycles. The van der Waals surface area contributed by atoms with Crippen LogP contribution in [-0.2, 0) is 0 Å². The van der Waals surface area contributed by atoms with Gasteiger partial charge in [-0.2, -0.15) is 0 Å². The number of carbonyl (C=O) groups is 1. The Kier molecular flexibility index (Phi) is 3.65. The van der Waals surface area contributed by atoms with Crippen LogP contribution in [0.2, 0.25) is 0 Å². The molecule has 21 heavy (non-hydrogen) atoms. The Morgan fingerprint density at radius 3 is 2.90 bits per heavy atom. The minimum Gasteiger partial charge on any atom is -0.397 e. The van der Waals surface area contributed by atoms with Gasteiger partial charge in [0.25, 0.3) is 5.91 Å². The molecule has 0 bridgehead atoms. The SMILES string of the molecule is Cc1ccnc2sc(C(=O)NC(C)c3cccs3)c(N)c12. The minimum atomic E-state index is -0.143. The average molecular weight is 317 g/mol. The Hall–Kier alpha value is -1.92. The van der Waals surface area contributed by atoms with Crippen LogP contribution in [0, 0.1) is 6.92 Å². The Bertz CT molecular complexity index is 793. The summed E-state index contributed by atoms with van der Waals surface area (Å²) in [5.41, 5.74) is 7.71. The summed E-state index contributed by atoms with van der Waals surface area (Å²) in [6.45, 7) is 3.94. The van der Waals surface area contributed by atoms with Crippen molar-refractivity contribution in [3.63, 3.8) is 0 Å². The molecule has 0 saturated carbocycles. The van der Waals surface area contributed by atoms with E-state index in [1.165, 1.54) is 11.3 Å². The molecule has 108 valence electrons. The number of nitrogens with two attached hydrogens (primary N) is 1. The molecule has 1 amide bonds. The van der Waals surface area contributed by atoms with E-state index in [1.54, 1.807) is 17.5 Å². The molecule has 3 N–H and O–H groups in total. The summed E-state index contributed by atoms with van der Waals surface area (Å²) >= 11 is 2.97. The van der Waals surface area contributed by atoms with Gasteiger partial charge < -0.3 is 11.1 Å². The summed E-state index contributed by atoms with van der Waals surface area (Å²) in [4.78, 5) is 19.2. The van der Waals surface area contributed by atoms with Crippen molar-refractivity contribution in [2.45, 2.75) is 19.9 Å². The van der Waals surface area contributed by atoms with E-state index < -0.39 is 0 Å². The van der Waals surface area contributed by atoms with Crippen molar-refractivity contribution in [3.05, 3.63) is 45.1 Å². The van der Waals surface area contributed by atoms with Crippen molar-refractivity contribution in [2.75, 3.05) is 5.73 Å². The molecule has 6 heteroatoms. The van der Waals surface area contributed by atoms with E-state index in [0.29, 0.717) is 10.6 Å². The maximum atomic E-state index is 12.4. The molecular weight excluding hydrogens is 302 g/mol. The Labute approximate surface area is 130 Å². The number of thiophene rings is 2. The highest BCUT2D eigenvalue weighted by Crippen LogP contribution is 2.34. The van der Waals surface area contributed by atoms with Gasteiger partial charge in [0.1, 0.15) is 9.71 Å². The van der Waals surface area contributed by atoms with Gasteiger partial charge in [0, 0.05) is 16.5 Å². The van der Waals surface area contributed by atoms with Gasteiger partial charge in [-0.15, -0.1) is 22.7 Å². The van der Waals surface area contributed by atoms with E-state index in [2.05, 4.69) is 10.3 Å². The molecule has 3 rings (SSSR count). The van der Waals surface area contributed by atoms with Gasteiger partial charge in [-0.3, -0.25) is 4.79 Å². The number of hydrogen-bond acceptors (Lipinski definition) is 5. The number of aromatic nitrogens is 1. The molecule has 0 saturated heterocycles. The molecule has 0 radical (unpaired) electrons. The number of anilines is 1. The molecule has 3 aromatic heterocycles. The lowest BCUT2D eigenvalue weighted by atomic mass is 10.1. The number of nitrogen functional groups attached to an aromatic ring is 1. The summed E-state index contributed by atoms with van der Waals surface area (Å²) in [5.74, 6) is -0.143. The highest BCUT2D eigenvalue weighted by Gasteiger charge is 2.20. The van der Waals surface area contributed by atoms with Crippen LogP contribution in [-0.4, -0.2) is 10.9 Å². The zero-order valence-electron chi connectivity index (χ0n) is 11.7. The number of pyridine rings is 1. The van der Waals surface area contributed by atoms with Crippen molar-refractivity contribution < 1.29 is 4.79 Å². The van der Waals surface area contributed by atoms with E-state index in [0.717, 1.165) is 20.7 Å². The van der Waals surface area contributed by atoms with Crippen LogP contribution in [0.25, 0.3) is 10.2 Å². The first-order chi connectivity index (χ1) is 10.1. The summed E-state index contributed by atoms with van der Waals surface area (Å²) in [6, 6.07) is 5.86. The van der Waals surface area contributed by atoms with Gasteiger partial charge in [0.05, 0.1) is 11.7 Å². The molecule has 3 aromatic rings. The van der Waals surface area contributed by atoms with Crippen molar-refractivity contribution >= 4 is 44.5 Å². The molecule has 0 fully saturated rings. The van der Waals surface area contributed by atoms with E-state index in [4.69, 9.17) is 5.73 Å². The highest BCUT2D eigenvalue weighted by atomic mass is 32.1. The second-order valence-electron chi connectivity index (χ2n) is 4.86. The predicted molar refractivity (Wildman–Crippen MR) is 89.0 cm³/mol. The van der Waals surface area contributed by atoms with Gasteiger partial charge in [-0.1, -0.05) is 6.07 Å². The van der Waals surface area contributed by atoms with Crippen molar-refractivity contribution in [2.24, 2.45) is 0 Å². The fraction of sp³-hybridized carbons (Fsp3) is 0.200. The second kappa shape index (κ2) is 5.46. The second-order valence-corrected chi connectivity index (χ2v) is 6.84. The molecule has 0 spiro atoms. The first-order valence-electron chi connectivity index (χ1n) is 6.55. The van der Waals surface area contributed by atoms with Crippen LogP contribution < -0.4 is 11.1 Å². The van der Waals surface area contributed by atoms with Crippen LogP contribution >= 0.6 is 22.7 Å². The largest absolute Gasteiger partial charge is 0.397 e. The van der Waals surface area contributed by atoms with Gasteiger partial charge >= 0.3 is 0 Å². The zero-order valence-corrected chi connectivity index (χ0v) is 13.3. The predicted octanol–water partition coefficient (Wildman–Crippen LogP) is 3.74. The quantitative estimate of drug-likeness (QED) is 0.773. The third kappa shape index (κ3) is 2.52. The number of nitrogens with one attached hydrogen (secondary N) is 1. The molecule has 1 atom stereocenters. The lowest BCUT2D eigenvalue weighted by Gasteiger charge is -2.11. The maximum Gasteiger partial charge on any atom is 0.264 e. The monoisotopic (exact) mass is 317 g/mol. The Morgan fingerprint density at radius 1 is 1.43 bits per heavy atom. The molecule has 0 aliphatic rings. The number of nitrogens with zero attached hydrogens (tertiary/aromatic N) is 1. The fourth-order valence-electron chi connectivity index (χ4n) is 2.24. The van der Waals surface area contributed by atoms with Crippen molar-refractivity contribution in [3.8, 4) is 0 Å². The molecule has 0 aliphatic heterocycles. The van der Waals surface area contributed by atoms with E-state index in [9.17, 15) is 4.79 Å². The molecule has 1 unspecified atom stereocenters. The third-order valence-corrected chi connectivity index (χ3v) is 5.53. The number of rotatable bonds is 3. The van der Waals surface area contributed by atoms with E-state index >= 15 is 0 Å². The smallest absolute Gasteiger partial charge is 0.264 e. The number of amides is 1. The number of carbonyl (C=O) groups excluding carboxylic acids is 1. The van der Waals surface area contributed by atoms with Crippen LogP contribution in [0.3, 0.4) is 0 Å². The molecule has 4 nitrogen and oxygen atoms in total. The Morgan fingerprint density at radius 2 is 2.24 bits per heavy atom. The van der Waals surface area contributed by atoms with Crippen LogP contribution in [0.1, 0.15) is 33.1 Å². The number of aryl methyl sites for hydroxylation is 1. The van der Waals surface area contributed by atoms with Crippen LogP contribution in [0.4, 0.5) is 5.69 Å². The topological polar surface area (TPSA) is 68.0 Å². The van der Waals surface area contributed by atoms with E-state index in [-0.39, 0.29) is 11.9 Å². The number of fused-ring (bicyclic) bond motifs is 1. The third-order valence-electron chi connectivity index (χ3n) is 3.36. The summed E-state index contributed by atoms with van der Waals surface area (Å²) in [6.07, 6.45) is 1.74. The van der Waals surface area contributed by atoms with Crippen LogP contribution in [0.15, 0.2) is 29.8 Å². The molecule has 0 aromatic carbocycles. The molecular formula is C15H15N3OS2. The van der Waals surface area contributed by atoms with Gasteiger partial charge in [-0.25, -0.2) is 4.98 Å². The standard InChI is InChI=1S/C15H15N3OS2/c1-8-5-6-17-15-11(8)12(16)13(21-15)14(19)18-9(2)10-4-3-7-20-10/h3-7,9H,16H2,1-2H3,(H,18,19). The fourth-order valence-corrected chi connectivity index (χ4v) is 4.02. The zero-order chi connectivity index (χ0) is 15.0. The maximum absolute atomic E-state index is 12.4.